The van der Waals surface area contributed by atoms with Gasteiger partial charge in [0.25, 0.3) is 0 Å². The largest absolute Gasteiger partial charge is 0.358 e. The summed E-state index contributed by atoms with van der Waals surface area (Å²) in [5.41, 5.74) is 11.6. The van der Waals surface area contributed by atoms with Gasteiger partial charge in [-0.25, -0.2) is 0 Å². The summed E-state index contributed by atoms with van der Waals surface area (Å²) in [4.78, 5) is 15.4. The minimum Gasteiger partial charge on any atom is -0.358 e. The quantitative estimate of drug-likeness (QED) is 0.883. The van der Waals surface area contributed by atoms with E-state index in [-0.39, 0.29) is 29.8 Å². The summed E-state index contributed by atoms with van der Waals surface area (Å²) in [5.74, 6) is 0. The molecule has 0 aliphatic carbocycles. The first-order valence-corrected chi connectivity index (χ1v) is 7.28. The smallest absolute Gasteiger partial charge is 0.186 e. The number of nitrogens with one attached hydrogen (secondary N) is 1. The molecule has 0 saturated carbocycles. The summed E-state index contributed by atoms with van der Waals surface area (Å²) in [6.45, 7) is 10.8. The molecule has 0 amide bonds. The Balaban J connectivity index is 0.00000242. The van der Waals surface area contributed by atoms with Crippen LogP contribution in [0, 0.1) is 13.8 Å². The van der Waals surface area contributed by atoms with Crippen molar-refractivity contribution < 1.29 is 0 Å². The summed E-state index contributed by atoms with van der Waals surface area (Å²) in [5, 5.41) is 0. The highest BCUT2D eigenvalue weighted by atomic mass is 35.5. The Kier molecular flexibility index (Phi) is 5.60. The van der Waals surface area contributed by atoms with Crippen LogP contribution in [0.15, 0.2) is 29.1 Å². The first-order valence-electron chi connectivity index (χ1n) is 7.28. The number of pyridine rings is 1. The van der Waals surface area contributed by atoms with E-state index in [0.717, 1.165) is 22.5 Å². The van der Waals surface area contributed by atoms with Crippen LogP contribution in [0.3, 0.4) is 0 Å². The first kappa shape index (κ1) is 18.5. The third-order valence-electron chi connectivity index (χ3n) is 3.93. The summed E-state index contributed by atoms with van der Waals surface area (Å²) >= 11 is 0. The van der Waals surface area contributed by atoms with Gasteiger partial charge in [-0.15, -0.1) is 12.4 Å². The molecule has 2 aromatic rings. The molecule has 1 heterocycles. The Morgan fingerprint density at radius 2 is 1.77 bits per heavy atom. The number of hydrogen-bond acceptors (Lipinski definition) is 2. The van der Waals surface area contributed by atoms with Gasteiger partial charge in [0.05, 0.1) is 0 Å². The van der Waals surface area contributed by atoms with E-state index < -0.39 is 0 Å². The van der Waals surface area contributed by atoms with Crippen LogP contribution in [0.4, 0.5) is 0 Å². The lowest BCUT2D eigenvalue weighted by Gasteiger charge is -2.20. The highest BCUT2D eigenvalue weighted by Gasteiger charge is 2.15. The van der Waals surface area contributed by atoms with Crippen LogP contribution in [-0.2, 0) is 12.0 Å². The number of hydrogen-bond donors (Lipinski definition) is 2. The Bertz CT molecular complexity index is 727. The molecule has 0 aliphatic heterocycles. The van der Waals surface area contributed by atoms with Gasteiger partial charge in [-0.05, 0) is 30.4 Å². The van der Waals surface area contributed by atoms with Crippen molar-refractivity contribution >= 4 is 12.4 Å². The number of aryl methyl sites for hydroxylation is 2. The molecular formula is C18H25ClN2O. The van der Waals surface area contributed by atoms with Crippen LogP contribution in [0.5, 0.6) is 0 Å². The fraction of sp³-hybridized carbons (Fsp3) is 0.389. The SMILES string of the molecule is Cc1cc(C(C)(C)C)ccc1-c1cc(=O)c(CN)c(C)[nH]1.Cl. The topological polar surface area (TPSA) is 58.9 Å². The average Bonchev–Trinajstić information content (AvgIpc) is 2.37. The Labute approximate surface area is 138 Å². The van der Waals surface area contributed by atoms with Crippen molar-refractivity contribution in [1.82, 2.24) is 4.98 Å². The molecule has 0 saturated heterocycles. The maximum Gasteiger partial charge on any atom is 0.186 e. The molecule has 0 aliphatic rings. The van der Waals surface area contributed by atoms with Gasteiger partial charge in [-0.2, -0.15) is 0 Å². The van der Waals surface area contributed by atoms with Crippen LogP contribution in [0.2, 0.25) is 0 Å². The first-order chi connectivity index (χ1) is 9.74. The average molecular weight is 321 g/mol. The second kappa shape index (κ2) is 6.67. The van der Waals surface area contributed by atoms with E-state index >= 15 is 0 Å². The monoisotopic (exact) mass is 320 g/mol. The number of rotatable bonds is 2. The van der Waals surface area contributed by atoms with Gasteiger partial charge in [0, 0.05) is 35.1 Å². The van der Waals surface area contributed by atoms with Crippen LogP contribution < -0.4 is 11.2 Å². The van der Waals surface area contributed by atoms with Crippen molar-refractivity contribution in [1.29, 1.82) is 0 Å². The summed E-state index contributed by atoms with van der Waals surface area (Å²) in [6.07, 6.45) is 0. The molecule has 0 spiro atoms. The number of benzene rings is 1. The van der Waals surface area contributed by atoms with E-state index in [1.54, 1.807) is 6.07 Å². The molecule has 0 radical (unpaired) electrons. The fourth-order valence-corrected chi connectivity index (χ4v) is 2.55. The number of halogens is 1. The van der Waals surface area contributed by atoms with Gasteiger partial charge in [0.15, 0.2) is 5.43 Å². The lowest BCUT2D eigenvalue weighted by atomic mass is 9.85. The zero-order chi connectivity index (χ0) is 15.8. The molecule has 0 atom stereocenters. The number of aromatic nitrogens is 1. The zero-order valence-corrected chi connectivity index (χ0v) is 14.7. The summed E-state index contributed by atoms with van der Waals surface area (Å²) in [6, 6.07) is 8.06. The van der Waals surface area contributed by atoms with Crippen molar-refractivity contribution in [3.8, 4) is 11.3 Å². The molecule has 0 bridgehead atoms. The fourth-order valence-electron chi connectivity index (χ4n) is 2.55. The third-order valence-corrected chi connectivity index (χ3v) is 3.93. The normalized spacial score (nSPS) is 11.2. The zero-order valence-electron chi connectivity index (χ0n) is 13.9. The van der Waals surface area contributed by atoms with Crippen LogP contribution in [-0.4, -0.2) is 4.98 Å². The van der Waals surface area contributed by atoms with Crippen molar-refractivity contribution in [2.24, 2.45) is 5.73 Å². The molecule has 120 valence electrons. The lowest BCUT2D eigenvalue weighted by Crippen LogP contribution is -2.16. The molecule has 22 heavy (non-hydrogen) atoms. The minimum atomic E-state index is 0. The van der Waals surface area contributed by atoms with Crippen LogP contribution in [0.1, 0.15) is 43.2 Å². The van der Waals surface area contributed by atoms with E-state index in [4.69, 9.17) is 5.73 Å². The molecule has 3 nitrogen and oxygen atoms in total. The van der Waals surface area contributed by atoms with Crippen molar-refractivity contribution in [2.45, 2.75) is 46.6 Å². The van der Waals surface area contributed by atoms with Crippen LogP contribution >= 0.6 is 12.4 Å². The predicted octanol–water partition coefficient (Wildman–Crippen LogP) is 3.84. The maximum absolute atomic E-state index is 12.1. The molecule has 1 aromatic carbocycles. The Hall–Kier alpha value is -1.58. The van der Waals surface area contributed by atoms with Gasteiger partial charge in [-0.3, -0.25) is 4.79 Å². The standard InChI is InChI=1S/C18H24N2O.ClH/c1-11-8-13(18(3,4)5)6-7-14(11)16-9-17(21)15(10-19)12(2)20-16;/h6-9H,10,19H2,1-5H3,(H,20,21);1H. The molecule has 4 heteroatoms. The van der Waals surface area contributed by atoms with E-state index in [1.165, 1.54) is 5.56 Å². The number of nitrogens with two attached hydrogens (primary N) is 1. The highest BCUT2D eigenvalue weighted by molar-refractivity contribution is 5.85. The maximum atomic E-state index is 12.1. The molecule has 0 fully saturated rings. The summed E-state index contributed by atoms with van der Waals surface area (Å²) < 4.78 is 0. The molecule has 1 aromatic heterocycles. The van der Waals surface area contributed by atoms with E-state index in [2.05, 4.69) is 50.9 Å². The number of aromatic amines is 1. The van der Waals surface area contributed by atoms with Gasteiger partial charge >= 0.3 is 0 Å². The van der Waals surface area contributed by atoms with Gasteiger partial charge in [-0.1, -0.05) is 39.0 Å². The van der Waals surface area contributed by atoms with Crippen molar-refractivity contribution in [3.63, 3.8) is 0 Å². The molecule has 2 rings (SSSR count). The van der Waals surface area contributed by atoms with Gasteiger partial charge in [0.1, 0.15) is 0 Å². The van der Waals surface area contributed by atoms with Crippen molar-refractivity contribution in [3.05, 3.63) is 56.9 Å². The Morgan fingerprint density at radius 1 is 1.14 bits per heavy atom. The second-order valence-electron chi connectivity index (χ2n) is 6.63. The van der Waals surface area contributed by atoms with E-state index in [0.29, 0.717) is 5.56 Å². The molecule has 3 N–H and O–H groups in total. The van der Waals surface area contributed by atoms with Crippen LogP contribution in [0.25, 0.3) is 11.3 Å². The van der Waals surface area contributed by atoms with E-state index in [9.17, 15) is 4.79 Å². The predicted molar refractivity (Wildman–Crippen MR) is 95.8 cm³/mol. The lowest BCUT2D eigenvalue weighted by molar-refractivity contribution is 0.590. The highest BCUT2D eigenvalue weighted by Crippen LogP contribution is 2.28. The minimum absolute atomic E-state index is 0. The molecule has 0 unspecified atom stereocenters. The second-order valence-corrected chi connectivity index (χ2v) is 6.63. The van der Waals surface area contributed by atoms with Crippen molar-refractivity contribution in [2.75, 3.05) is 0 Å². The molecular weight excluding hydrogens is 296 g/mol. The third kappa shape index (κ3) is 3.60. The van der Waals surface area contributed by atoms with E-state index in [1.807, 2.05) is 6.92 Å². The van der Waals surface area contributed by atoms with Gasteiger partial charge in [0.2, 0.25) is 0 Å². The summed E-state index contributed by atoms with van der Waals surface area (Å²) in [7, 11) is 0. The number of H-pyrrole nitrogens is 1. The van der Waals surface area contributed by atoms with Gasteiger partial charge < -0.3 is 10.7 Å². The Morgan fingerprint density at radius 3 is 2.23 bits per heavy atom.